The summed E-state index contributed by atoms with van der Waals surface area (Å²) in [4.78, 5) is 16.0. The molecule has 36 heavy (non-hydrogen) atoms. The molecule has 1 aliphatic heterocycles. The Morgan fingerprint density at radius 1 is 0.917 bits per heavy atom. The van der Waals surface area contributed by atoms with Crippen LogP contribution in [0.5, 0.6) is 0 Å². The third-order valence-electron chi connectivity index (χ3n) is 7.67. The second-order valence-electron chi connectivity index (χ2n) is 10.2. The second-order valence-corrected chi connectivity index (χ2v) is 10.2. The minimum Gasteiger partial charge on any atom is -0.335 e. The van der Waals surface area contributed by atoms with Crippen LogP contribution in [-0.2, 0) is 6.54 Å². The molecule has 2 aromatic carbocycles. The van der Waals surface area contributed by atoms with Crippen LogP contribution < -0.4 is 5.32 Å². The molecule has 6 heteroatoms. The quantitative estimate of drug-likeness (QED) is 0.379. The van der Waals surface area contributed by atoms with Crippen LogP contribution in [-0.4, -0.2) is 31.3 Å². The number of hydrogen-bond acceptors (Lipinski definition) is 2. The molecule has 0 unspecified atom stereocenters. The molecule has 0 spiro atoms. The minimum atomic E-state index is -0.208. The molecule has 6 rings (SSSR count). The first-order valence-corrected chi connectivity index (χ1v) is 13.1. The third kappa shape index (κ3) is 4.00. The van der Waals surface area contributed by atoms with Crippen molar-refractivity contribution in [2.45, 2.75) is 64.6 Å². The smallest absolute Gasteiger partial charge is 0.318 e. The van der Waals surface area contributed by atoms with E-state index >= 15 is 0 Å². The van der Waals surface area contributed by atoms with Gasteiger partial charge in [-0.25, -0.2) is 9.48 Å². The van der Waals surface area contributed by atoms with E-state index in [1.54, 1.807) is 0 Å². The van der Waals surface area contributed by atoms with Crippen LogP contribution >= 0.6 is 0 Å². The van der Waals surface area contributed by atoms with Crippen molar-refractivity contribution < 1.29 is 4.79 Å². The number of aryl methyl sites for hydroxylation is 2. The molecule has 2 amide bonds. The zero-order valence-corrected chi connectivity index (χ0v) is 21.0. The number of carbonyl (C=O) groups excluding carboxylic acids is 1. The lowest BCUT2D eigenvalue weighted by atomic mass is 9.95. The van der Waals surface area contributed by atoms with E-state index in [1.165, 1.54) is 24.8 Å². The fraction of sp³-hybridized carbons (Fsp3) is 0.333. The fourth-order valence-electron chi connectivity index (χ4n) is 5.75. The summed E-state index contributed by atoms with van der Waals surface area (Å²) >= 11 is 0. The van der Waals surface area contributed by atoms with Crippen molar-refractivity contribution in [1.29, 1.82) is 0 Å². The van der Waals surface area contributed by atoms with E-state index in [0.717, 1.165) is 46.9 Å². The van der Waals surface area contributed by atoms with E-state index in [0.29, 0.717) is 6.54 Å². The van der Waals surface area contributed by atoms with Gasteiger partial charge in [-0.05, 0) is 56.5 Å². The van der Waals surface area contributed by atoms with E-state index in [2.05, 4.69) is 71.5 Å². The largest absolute Gasteiger partial charge is 0.335 e. The third-order valence-corrected chi connectivity index (χ3v) is 7.67. The number of para-hydroxylation sites is 1. The molecule has 1 fully saturated rings. The molecule has 0 bridgehead atoms. The predicted molar refractivity (Wildman–Crippen MR) is 142 cm³/mol. The normalized spacial score (nSPS) is 17.8. The van der Waals surface area contributed by atoms with Crippen molar-refractivity contribution in [2.75, 3.05) is 0 Å². The lowest BCUT2D eigenvalue weighted by Crippen LogP contribution is -2.46. The summed E-state index contributed by atoms with van der Waals surface area (Å²) in [6.07, 6.45) is 7.84. The van der Waals surface area contributed by atoms with Gasteiger partial charge in [-0.15, -0.1) is 0 Å². The van der Waals surface area contributed by atoms with E-state index in [1.807, 2.05) is 34.7 Å². The highest BCUT2D eigenvalue weighted by atomic mass is 16.2. The molecule has 2 aromatic heterocycles. The van der Waals surface area contributed by atoms with Crippen LogP contribution in [0.2, 0.25) is 0 Å². The van der Waals surface area contributed by atoms with Crippen LogP contribution in [0.1, 0.15) is 66.2 Å². The molecule has 184 valence electrons. The number of fused-ring (bicyclic) bond motifs is 3. The monoisotopic (exact) mass is 479 g/mol. The number of nitrogens with zero attached hydrogens (tertiary/aromatic N) is 4. The molecule has 1 atom stereocenters. The number of benzene rings is 2. The van der Waals surface area contributed by atoms with E-state index in [-0.39, 0.29) is 18.1 Å². The minimum absolute atomic E-state index is 0.0000592. The number of hydrogen-bond donors (Lipinski definition) is 1. The fourth-order valence-corrected chi connectivity index (χ4v) is 5.75. The van der Waals surface area contributed by atoms with Gasteiger partial charge >= 0.3 is 6.03 Å². The summed E-state index contributed by atoms with van der Waals surface area (Å²) in [6, 6.07) is 23.1. The highest BCUT2D eigenvalue weighted by Gasteiger charge is 2.36. The zero-order chi connectivity index (χ0) is 24.6. The molecule has 2 aliphatic rings. The van der Waals surface area contributed by atoms with Crippen LogP contribution in [0.15, 0.2) is 72.9 Å². The van der Waals surface area contributed by atoms with Gasteiger partial charge in [-0.1, -0.05) is 67.3 Å². The molecule has 6 nitrogen and oxygen atoms in total. The predicted octanol–water partition coefficient (Wildman–Crippen LogP) is 6.23. The Morgan fingerprint density at radius 3 is 2.42 bits per heavy atom. The van der Waals surface area contributed by atoms with Gasteiger partial charge in [-0.3, -0.25) is 0 Å². The van der Waals surface area contributed by atoms with E-state index in [4.69, 9.17) is 5.10 Å². The van der Waals surface area contributed by atoms with Gasteiger partial charge in [0.05, 0.1) is 29.7 Å². The number of rotatable bonds is 3. The standard InChI is InChI=1S/C30H33N5O/c1-21-15-17-23(18-16-21)28-27-14-9-19-33(27)29-26(22(2)32-35(29)25-12-7-4-8-13-25)20-34(28)30(36)31-24-10-5-3-6-11-24/h4,7-9,12-19,24,28H,3,5-6,10-11,20H2,1-2H3,(H,31,36)/t28-/m0/s1. The van der Waals surface area contributed by atoms with Crippen molar-refractivity contribution in [3.63, 3.8) is 0 Å². The molecule has 0 radical (unpaired) electrons. The molecule has 1 N–H and O–H groups in total. The zero-order valence-electron chi connectivity index (χ0n) is 21.0. The van der Waals surface area contributed by atoms with Gasteiger partial charge in [-0.2, -0.15) is 5.10 Å². The highest BCUT2D eigenvalue weighted by Crippen LogP contribution is 2.38. The summed E-state index contributed by atoms with van der Waals surface area (Å²) in [5, 5.41) is 8.33. The van der Waals surface area contributed by atoms with Crippen molar-refractivity contribution in [3.8, 4) is 11.5 Å². The summed E-state index contributed by atoms with van der Waals surface area (Å²) in [7, 11) is 0. The average molecular weight is 480 g/mol. The number of amides is 2. The summed E-state index contributed by atoms with van der Waals surface area (Å²) in [5.41, 5.74) is 6.40. The molecular weight excluding hydrogens is 446 g/mol. The lowest BCUT2D eigenvalue weighted by molar-refractivity contribution is 0.173. The van der Waals surface area contributed by atoms with E-state index < -0.39 is 0 Å². The number of aromatic nitrogens is 3. The van der Waals surface area contributed by atoms with Gasteiger partial charge in [0.15, 0.2) is 0 Å². The molecule has 3 heterocycles. The molecule has 0 saturated heterocycles. The summed E-state index contributed by atoms with van der Waals surface area (Å²) in [6.45, 7) is 4.64. The molecule has 1 aliphatic carbocycles. The number of urea groups is 1. The van der Waals surface area contributed by atoms with Crippen molar-refractivity contribution >= 4 is 6.03 Å². The Kier molecular flexibility index (Phi) is 5.88. The van der Waals surface area contributed by atoms with Gasteiger partial charge in [0.25, 0.3) is 0 Å². The topological polar surface area (TPSA) is 55.1 Å². The Morgan fingerprint density at radius 2 is 1.67 bits per heavy atom. The van der Waals surface area contributed by atoms with E-state index in [9.17, 15) is 4.79 Å². The Labute approximate surface area is 212 Å². The maximum atomic E-state index is 14.0. The van der Waals surface area contributed by atoms with Crippen LogP contribution in [0.25, 0.3) is 11.5 Å². The first-order valence-electron chi connectivity index (χ1n) is 13.1. The first-order chi connectivity index (χ1) is 17.6. The molecule has 4 aromatic rings. The van der Waals surface area contributed by atoms with Crippen molar-refractivity contribution in [3.05, 3.63) is 101 Å². The molecular formula is C30H33N5O. The van der Waals surface area contributed by atoms with Gasteiger partial charge in [0.2, 0.25) is 0 Å². The van der Waals surface area contributed by atoms with Crippen molar-refractivity contribution in [2.24, 2.45) is 0 Å². The Bertz CT molecular complexity index is 1360. The van der Waals surface area contributed by atoms with Gasteiger partial charge in [0.1, 0.15) is 5.82 Å². The average Bonchev–Trinajstić information content (AvgIpc) is 3.46. The van der Waals surface area contributed by atoms with Crippen LogP contribution in [0.3, 0.4) is 0 Å². The van der Waals surface area contributed by atoms with Crippen LogP contribution in [0.4, 0.5) is 4.79 Å². The van der Waals surface area contributed by atoms with Crippen LogP contribution in [0, 0.1) is 13.8 Å². The Balaban J connectivity index is 1.50. The SMILES string of the molecule is Cc1ccc([C@H]2c3cccn3-c3c(c(C)nn3-c3ccccc3)CN2C(=O)NC2CCCCC2)cc1. The van der Waals surface area contributed by atoms with Gasteiger partial charge in [0, 0.05) is 17.8 Å². The number of carbonyl (C=O) groups is 1. The molecule has 1 saturated carbocycles. The van der Waals surface area contributed by atoms with Crippen molar-refractivity contribution in [1.82, 2.24) is 24.6 Å². The summed E-state index contributed by atoms with van der Waals surface area (Å²) < 4.78 is 4.24. The highest BCUT2D eigenvalue weighted by molar-refractivity contribution is 5.76. The van der Waals surface area contributed by atoms with Gasteiger partial charge < -0.3 is 14.8 Å². The second kappa shape index (κ2) is 9.34. The maximum absolute atomic E-state index is 14.0. The Hall–Kier alpha value is -3.80. The maximum Gasteiger partial charge on any atom is 0.318 e. The lowest BCUT2D eigenvalue weighted by Gasteiger charge is -2.33. The summed E-state index contributed by atoms with van der Waals surface area (Å²) in [5.74, 6) is 1.00. The first kappa shape index (κ1) is 22.7. The number of nitrogens with one attached hydrogen (secondary N) is 1.